The summed E-state index contributed by atoms with van der Waals surface area (Å²) in [6, 6.07) is 16.9. The lowest BCUT2D eigenvalue weighted by Gasteiger charge is -2.21. The number of carbonyl (C=O) groups is 3. The van der Waals surface area contributed by atoms with Crippen LogP contribution in [0.3, 0.4) is 0 Å². The molecule has 1 atom stereocenters. The smallest absolute Gasteiger partial charge is 0.287 e. The highest BCUT2D eigenvalue weighted by Crippen LogP contribution is 2.33. The van der Waals surface area contributed by atoms with Crippen LogP contribution in [0.4, 0.5) is 11.4 Å². The Morgan fingerprint density at radius 3 is 2.61 bits per heavy atom. The van der Waals surface area contributed by atoms with Crippen molar-refractivity contribution in [2.75, 3.05) is 23.9 Å². The lowest BCUT2D eigenvalue weighted by Crippen LogP contribution is -2.45. The number of carbonyl (C=O) groups excluding carboxylic acids is 3. The second kappa shape index (κ2) is 10.0. The summed E-state index contributed by atoms with van der Waals surface area (Å²) in [5, 5.41) is 5.60. The normalized spacial score (nSPS) is 14.1. The lowest BCUT2D eigenvalue weighted by molar-refractivity contribution is -0.118. The number of hydrogen-bond acceptors (Lipinski definition) is 5. The minimum Gasteiger partial charge on any atom is -0.494 e. The van der Waals surface area contributed by atoms with Gasteiger partial charge in [0.15, 0.2) is 5.76 Å². The first-order chi connectivity index (χ1) is 16.0. The van der Waals surface area contributed by atoms with Crippen LogP contribution in [0.1, 0.15) is 29.0 Å². The van der Waals surface area contributed by atoms with Gasteiger partial charge in [0.05, 0.1) is 19.1 Å². The molecule has 4 rings (SSSR count). The zero-order chi connectivity index (χ0) is 23.2. The molecule has 170 valence electrons. The lowest BCUT2D eigenvalue weighted by atomic mass is 10.0. The Balaban J connectivity index is 1.53. The van der Waals surface area contributed by atoms with Gasteiger partial charge in [-0.15, -0.1) is 0 Å². The predicted octanol–water partition coefficient (Wildman–Crippen LogP) is 3.39. The molecule has 1 fully saturated rings. The van der Waals surface area contributed by atoms with Gasteiger partial charge in [-0.3, -0.25) is 14.4 Å². The SMILES string of the molecule is COc1cc(NC(=O)C(Cc2ccccc2)NC(=O)c2ccco2)ccc1N1CCCC1=O. The maximum atomic E-state index is 13.2. The summed E-state index contributed by atoms with van der Waals surface area (Å²) >= 11 is 0. The predicted molar refractivity (Wildman–Crippen MR) is 123 cm³/mol. The van der Waals surface area contributed by atoms with E-state index in [1.165, 1.54) is 19.4 Å². The molecule has 33 heavy (non-hydrogen) atoms. The molecule has 8 heteroatoms. The van der Waals surface area contributed by atoms with Crippen molar-refractivity contribution in [2.45, 2.75) is 25.3 Å². The van der Waals surface area contributed by atoms with Crippen LogP contribution in [-0.4, -0.2) is 37.4 Å². The van der Waals surface area contributed by atoms with Gasteiger partial charge in [0, 0.05) is 31.1 Å². The van der Waals surface area contributed by atoms with Crippen LogP contribution in [0, 0.1) is 0 Å². The molecule has 2 N–H and O–H groups in total. The van der Waals surface area contributed by atoms with Gasteiger partial charge >= 0.3 is 0 Å². The molecule has 2 heterocycles. The Morgan fingerprint density at radius 1 is 1.12 bits per heavy atom. The van der Waals surface area contributed by atoms with Gasteiger partial charge in [-0.2, -0.15) is 0 Å². The summed E-state index contributed by atoms with van der Waals surface area (Å²) in [4.78, 5) is 39.5. The number of ether oxygens (including phenoxy) is 1. The Labute approximate surface area is 191 Å². The maximum Gasteiger partial charge on any atom is 0.287 e. The molecule has 0 saturated carbocycles. The number of rotatable bonds is 8. The second-order valence-electron chi connectivity index (χ2n) is 7.72. The highest BCUT2D eigenvalue weighted by atomic mass is 16.5. The third kappa shape index (κ3) is 5.23. The minimum atomic E-state index is -0.837. The summed E-state index contributed by atoms with van der Waals surface area (Å²) in [6.07, 6.45) is 3.02. The average Bonchev–Trinajstić information content (AvgIpc) is 3.51. The van der Waals surface area contributed by atoms with E-state index in [0.717, 1.165) is 12.0 Å². The van der Waals surface area contributed by atoms with Gasteiger partial charge in [0.25, 0.3) is 5.91 Å². The van der Waals surface area contributed by atoms with Gasteiger partial charge in [0.2, 0.25) is 11.8 Å². The minimum absolute atomic E-state index is 0.0497. The van der Waals surface area contributed by atoms with E-state index in [9.17, 15) is 14.4 Å². The molecule has 0 bridgehead atoms. The van der Waals surface area contributed by atoms with Gasteiger partial charge < -0.3 is 24.7 Å². The Bertz CT molecular complexity index is 1130. The molecular formula is C25H25N3O5. The van der Waals surface area contributed by atoms with E-state index in [0.29, 0.717) is 36.5 Å². The van der Waals surface area contributed by atoms with Gasteiger partial charge in [0.1, 0.15) is 11.8 Å². The fourth-order valence-electron chi connectivity index (χ4n) is 3.81. The summed E-state index contributed by atoms with van der Waals surface area (Å²) in [6.45, 7) is 0.638. The number of methoxy groups -OCH3 is 1. The van der Waals surface area contributed by atoms with Crippen molar-refractivity contribution >= 4 is 29.1 Å². The first kappa shape index (κ1) is 22.1. The van der Waals surface area contributed by atoms with Crippen LogP contribution in [-0.2, 0) is 16.0 Å². The number of anilines is 2. The standard InChI is InChI=1S/C25H25N3O5/c1-32-22-16-18(11-12-20(22)28-13-5-10-23(28)29)26-24(30)19(15-17-7-3-2-4-8-17)27-25(31)21-9-6-14-33-21/h2-4,6-9,11-12,14,16,19H,5,10,13,15H2,1H3,(H,26,30)(H,27,31). The third-order valence-electron chi connectivity index (χ3n) is 5.46. The van der Waals surface area contributed by atoms with Crippen LogP contribution < -0.4 is 20.3 Å². The molecule has 0 spiro atoms. The van der Waals surface area contributed by atoms with E-state index >= 15 is 0 Å². The van der Waals surface area contributed by atoms with Crippen molar-refractivity contribution in [3.8, 4) is 5.75 Å². The van der Waals surface area contributed by atoms with Gasteiger partial charge in [-0.05, 0) is 36.2 Å². The van der Waals surface area contributed by atoms with Crippen molar-refractivity contribution < 1.29 is 23.5 Å². The molecule has 1 unspecified atom stereocenters. The van der Waals surface area contributed by atoms with Crippen molar-refractivity contribution in [1.29, 1.82) is 0 Å². The average molecular weight is 447 g/mol. The molecule has 3 amide bonds. The van der Waals surface area contributed by atoms with Crippen LogP contribution in [0.2, 0.25) is 0 Å². The van der Waals surface area contributed by atoms with Crippen molar-refractivity contribution in [3.05, 3.63) is 78.3 Å². The fraction of sp³-hybridized carbons (Fsp3) is 0.240. The molecule has 2 aromatic carbocycles. The summed E-state index contributed by atoms with van der Waals surface area (Å²) in [7, 11) is 1.52. The highest BCUT2D eigenvalue weighted by Gasteiger charge is 2.26. The molecule has 1 aliphatic rings. The second-order valence-corrected chi connectivity index (χ2v) is 7.72. The fourth-order valence-corrected chi connectivity index (χ4v) is 3.81. The quantitative estimate of drug-likeness (QED) is 0.551. The van der Waals surface area contributed by atoms with Crippen LogP contribution in [0.15, 0.2) is 71.3 Å². The van der Waals surface area contributed by atoms with Crippen molar-refractivity contribution in [3.63, 3.8) is 0 Å². The summed E-state index contributed by atoms with van der Waals surface area (Å²) < 4.78 is 10.6. The molecule has 1 aromatic heterocycles. The van der Waals surface area contributed by atoms with Crippen LogP contribution in [0.5, 0.6) is 5.75 Å². The summed E-state index contributed by atoms with van der Waals surface area (Å²) in [5.41, 5.74) is 2.07. The van der Waals surface area contributed by atoms with Crippen molar-refractivity contribution in [2.24, 2.45) is 0 Å². The Kier molecular flexibility index (Phi) is 6.73. The number of amides is 3. The topological polar surface area (TPSA) is 101 Å². The zero-order valence-electron chi connectivity index (χ0n) is 18.2. The van der Waals surface area contributed by atoms with E-state index < -0.39 is 11.9 Å². The molecular weight excluding hydrogens is 422 g/mol. The van der Waals surface area contributed by atoms with E-state index in [-0.39, 0.29) is 17.6 Å². The number of hydrogen-bond donors (Lipinski definition) is 2. The van der Waals surface area contributed by atoms with E-state index in [1.54, 1.807) is 29.2 Å². The first-order valence-electron chi connectivity index (χ1n) is 10.7. The number of furan rings is 1. The third-order valence-corrected chi connectivity index (χ3v) is 5.46. The van der Waals surface area contributed by atoms with Crippen molar-refractivity contribution in [1.82, 2.24) is 5.32 Å². The van der Waals surface area contributed by atoms with Gasteiger partial charge in [-0.25, -0.2) is 0 Å². The summed E-state index contributed by atoms with van der Waals surface area (Å²) in [5.74, 6) is -0.194. The van der Waals surface area contributed by atoms with Gasteiger partial charge in [-0.1, -0.05) is 30.3 Å². The number of benzene rings is 2. The molecule has 1 saturated heterocycles. The highest BCUT2D eigenvalue weighted by molar-refractivity contribution is 6.01. The monoisotopic (exact) mass is 447 g/mol. The van der Waals surface area contributed by atoms with Crippen LogP contribution in [0.25, 0.3) is 0 Å². The number of nitrogens with zero attached hydrogens (tertiary/aromatic N) is 1. The molecule has 0 radical (unpaired) electrons. The van der Waals surface area contributed by atoms with E-state index in [1.807, 2.05) is 30.3 Å². The Morgan fingerprint density at radius 2 is 1.94 bits per heavy atom. The maximum absolute atomic E-state index is 13.2. The van der Waals surface area contributed by atoms with Crippen LogP contribution >= 0.6 is 0 Å². The largest absolute Gasteiger partial charge is 0.494 e. The molecule has 3 aromatic rings. The zero-order valence-corrected chi connectivity index (χ0v) is 18.2. The first-order valence-corrected chi connectivity index (χ1v) is 10.7. The molecule has 1 aliphatic heterocycles. The molecule has 8 nitrogen and oxygen atoms in total. The Hall–Kier alpha value is -4.07. The van der Waals surface area contributed by atoms with E-state index in [4.69, 9.17) is 9.15 Å². The number of nitrogens with one attached hydrogen (secondary N) is 2. The van der Waals surface area contributed by atoms with E-state index in [2.05, 4.69) is 10.6 Å². The molecule has 0 aliphatic carbocycles.